The number of amides is 3. The first-order valence-electron chi connectivity index (χ1n) is 10.3. The third-order valence-electron chi connectivity index (χ3n) is 4.78. The number of nitrogens with zero attached hydrogens (tertiary/aromatic N) is 2. The van der Waals surface area contributed by atoms with Gasteiger partial charge in [0.2, 0.25) is 0 Å². The predicted octanol–water partition coefficient (Wildman–Crippen LogP) is 3.73. The van der Waals surface area contributed by atoms with Crippen molar-refractivity contribution in [3.05, 3.63) is 60.0 Å². The molecule has 3 rings (SSSR count). The maximum atomic E-state index is 12.6. The van der Waals surface area contributed by atoms with Gasteiger partial charge in [-0.15, -0.1) is 0 Å². The third-order valence-corrected chi connectivity index (χ3v) is 4.78. The van der Waals surface area contributed by atoms with E-state index in [1.54, 1.807) is 53.2 Å². The van der Waals surface area contributed by atoms with E-state index < -0.39 is 5.54 Å². The monoisotopic (exact) mass is 437 g/mol. The topological polar surface area (TPSA) is 114 Å². The van der Waals surface area contributed by atoms with E-state index in [1.807, 2.05) is 20.8 Å². The molecule has 3 N–H and O–H groups in total. The first-order valence-corrected chi connectivity index (χ1v) is 10.3. The van der Waals surface area contributed by atoms with Crippen LogP contribution in [0.25, 0.3) is 5.65 Å². The fourth-order valence-corrected chi connectivity index (χ4v) is 3.05. The molecule has 2 aromatic heterocycles. The summed E-state index contributed by atoms with van der Waals surface area (Å²) in [6.07, 6.45) is 4.63. The van der Waals surface area contributed by atoms with Crippen molar-refractivity contribution in [3.63, 3.8) is 0 Å². The van der Waals surface area contributed by atoms with Crippen LogP contribution in [-0.4, -0.2) is 46.4 Å². The number of hydrogen-bond acceptors (Lipinski definition) is 5. The number of nitrogens with one attached hydrogen (secondary N) is 3. The van der Waals surface area contributed by atoms with Crippen LogP contribution in [0.15, 0.2) is 48.8 Å². The Bertz CT molecular complexity index is 1110. The van der Waals surface area contributed by atoms with Crippen molar-refractivity contribution in [2.45, 2.75) is 32.7 Å². The number of ether oxygens (including phenoxy) is 1. The second-order valence-corrected chi connectivity index (χ2v) is 7.91. The molecule has 0 unspecified atom stereocenters. The van der Waals surface area contributed by atoms with E-state index in [-0.39, 0.29) is 11.9 Å². The van der Waals surface area contributed by atoms with E-state index in [4.69, 9.17) is 4.74 Å². The van der Waals surface area contributed by atoms with E-state index in [0.29, 0.717) is 54.2 Å². The Morgan fingerprint density at radius 1 is 1.06 bits per heavy atom. The molecule has 0 atom stereocenters. The number of carbonyl (C=O) groups excluding carboxylic acids is 3. The zero-order chi connectivity index (χ0) is 23.1. The van der Waals surface area contributed by atoms with Gasteiger partial charge in [0.05, 0.1) is 5.69 Å². The molecule has 0 fully saturated rings. The van der Waals surface area contributed by atoms with Gasteiger partial charge in [-0.1, -0.05) is 0 Å². The van der Waals surface area contributed by atoms with Gasteiger partial charge < -0.3 is 25.1 Å². The molecular formula is C23H27N5O4. The fraction of sp³-hybridized carbons (Fsp3) is 0.304. The van der Waals surface area contributed by atoms with Crippen LogP contribution in [0.5, 0.6) is 0 Å². The van der Waals surface area contributed by atoms with Gasteiger partial charge in [-0.05, 0) is 63.6 Å². The first-order chi connectivity index (χ1) is 15.3. The lowest BCUT2D eigenvalue weighted by Gasteiger charge is -2.26. The van der Waals surface area contributed by atoms with Crippen LogP contribution >= 0.6 is 0 Å². The van der Waals surface area contributed by atoms with Crippen molar-refractivity contribution in [2.24, 2.45) is 0 Å². The summed E-state index contributed by atoms with van der Waals surface area (Å²) in [6, 6.07) is 9.68. The van der Waals surface area contributed by atoms with E-state index in [2.05, 4.69) is 20.9 Å². The number of aromatic nitrogens is 2. The highest BCUT2D eigenvalue weighted by Crippen LogP contribution is 2.15. The van der Waals surface area contributed by atoms with Crippen molar-refractivity contribution < 1.29 is 19.1 Å². The average molecular weight is 438 g/mol. The number of benzene rings is 1. The van der Waals surface area contributed by atoms with Crippen LogP contribution in [0.1, 0.15) is 48.0 Å². The predicted molar refractivity (Wildman–Crippen MR) is 122 cm³/mol. The molecule has 0 saturated carbocycles. The minimum atomic E-state index is -0.415. The molecule has 0 aliphatic rings. The zero-order valence-electron chi connectivity index (χ0n) is 18.3. The molecule has 1 aromatic carbocycles. The molecule has 32 heavy (non-hydrogen) atoms. The molecule has 3 amide bonds. The minimum absolute atomic E-state index is 0.298. The Morgan fingerprint density at radius 3 is 2.47 bits per heavy atom. The van der Waals surface area contributed by atoms with E-state index in [0.717, 1.165) is 0 Å². The van der Waals surface area contributed by atoms with Crippen molar-refractivity contribution >= 4 is 35.2 Å². The van der Waals surface area contributed by atoms with Gasteiger partial charge in [0, 0.05) is 42.4 Å². The lowest BCUT2D eigenvalue weighted by atomic mass is 10.0. The van der Waals surface area contributed by atoms with E-state index in [9.17, 15) is 14.4 Å². The smallest absolute Gasteiger partial charge is 0.319 e. The van der Waals surface area contributed by atoms with Gasteiger partial charge in [0.1, 0.15) is 11.3 Å². The number of imidazole rings is 1. The van der Waals surface area contributed by atoms with Gasteiger partial charge >= 0.3 is 6.03 Å². The standard InChI is InChI=1S/C23H27N5O4/c1-4-32-12-11-23(2,3)27-22(31)26-17-7-5-16(6-8-17)21(30)25-18-9-10-20-24-19(15-29)14-28(20)13-18/h5-10,13-15H,4,11-12H2,1-3H3,(H,25,30)(H2,26,27,31). The zero-order valence-corrected chi connectivity index (χ0v) is 18.3. The Kier molecular flexibility index (Phi) is 7.21. The SMILES string of the molecule is CCOCCC(C)(C)NC(=O)Nc1ccc(C(=O)Nc2ccc3nc(C=O)cn3c2)cc1. The Morgan fingerprint density at radius 2 is 1.78 bits per heavy atom. The number of fused-ring (bicyclic) bond motifs is 1. The number of rotatable bonds is 9. The molecule has 3 aromatic rings. The minimum Gasteiger partial charge on any atom is -0.382 e. The molecule has 0 aliphatic carbocycles. The number of pyridine rings is 1. The third kappa shape index (κ3) is 6.14. The van der Waals surface area contributed by atoms with Crippen LogP contribution in [-0.2, 0) is 4.74 Å². The molecule has 2 heterocycles. The normalized spacial score (nSPS) is 11.2. The number of aldehydes is 1. The van der Waals surface area contributed by atoms with Crippen molar-refractivity contribution in [1.29, 1.82) is 0 Å². The van der Waals surface area contributed by atoms with Crippen molar-refractivity contribution in [1.82, 2.24) is 14.7 Å². The summed E-state index contributed by atoms with van der Waals surface area (Å²) < 4.78 is 7.01. The summed E-state index contributed by atoms with van der Waals surface area (Å²) in [4.78, 5) is 39.8. The maximum Gasteiger partial charge on any atom is 0.319 e. The quantitative estimate of drug-likeness (QED) is 0.349. The number of carbonyl (C=O) groups is 3. The molecule has 168 valence electrons. The summed E-state index contributed by atoms with van der Waals surface area (Å²) >= 11 is 0. The van der Waals surface area contributed by atoms with Gasteiger partial charge in [0.25, 0.3) is 5.91 Å². The molecular weight excluding hydrogens is 410 g/mol. The Hall–Kier alpha value is -3.72. The van der Waals surface area contributed by atoms with Gasteiger partial charge in [-0.25, -0.2) is 9.78 Å². The summed E-state index contributed by atoms with van der Waals surface area (Å²) in [6.45, 7) is 7.00. The lowest BCUT2D eigenvalue weighted by molar-refractivity contribution is 0.102. The summed E-state index contributed by atoms with van der Waals surface area (Å²) in [5, 5.41) is 8.49. The molecule has 9 nitrogen and oxygen atoms in total. The van der Waals surface area contributed by atoms with Gasteiger partial charge in [0.15, 0.2) is 6.29 Å². The highest BCUT2D eigenvalue weighted by molar-refractivity contribution is 6.04. The molecule has 0 radical (unpaired) electrons. The molecule has 0 spiro atoms. The van der Waals surface area contributed by atoms with Crippen LogP contribution in [0.4, 0.5) is 16.2 Å². The summed E-state index contributed by atoms with van der Waals surface area (Å²) in [5.41, 5.74) is 2.08. The lowest BCUT2D eigenvalue weighted by Crippen LogP contribution is -2.46. The van der Waals surface area contributed by atoms with Crippen LogP contribution < -0.4 is 16.0 Å². The van der Waals surface area contributed by atoms with Crippen molar-refractivity contribution in [3.8, 4) is 0 Å². The van der Waals surface area contributed by atoms with Gasteiger partial charge in [-0.3, -0.25) is 9.59 Å². The second-order valence-electron chi connectivity index (χ2n) is 7.91. The molecule has 0 bridgehead atoms. The summed E-state index contributed by atoms with van der Waals surface area (Å²) in [5.74, 6) is -0.298. The molecule has 0 saturated heterocycles. The number of hydrogen-bond donors (Lipinski definition) is 3. The fourth-order valence-electron chi connectivity index (χ4n) is 3.05. The molecule has 9 heteroatoms. The van der Waals surface area contributed by atoms with Crippen LogP contribution in [0.3, 0.4) is 0 Å². The average Bonchev–Trinajstić information content (AvgIpc) is 3.16. The first kappa shape index (κ1) is 23.0. The highest BCUT2D eigenvalue weighted by atomic mass is 16.5. The number of anilines is 2. The van der Waals surface area contributed by atoms with Gasteiger partial charge in [-0.2, -0.15) is 0 Å². The van der Waals surface area contributed by atoms with Crippen LogP contribution in [0.2, 0.25) is 0 Å². The number of urea groups is 1. The summed E-state index contributed by atoms with van der Waals surface area (Å²) in [7, 11) is 0. The van der Waals surface area contributed by atoms with E-state index >= 15 is 0 Å². The van der Waals surface area contributed by atoms with Crippen molar-refractivity contribution in [2.75, 3.05) is 23.8 Å². The Balaban J connectivity index is 1.57. The second kappa shape index (κ2) is 10.1. The maximum absolute atomic E-state index is 12.6. The van der Waals surface area contributed by atoms with E-state index in [1.165, 1.54) is 0 Å². The Labute approximate surface area is 186 Å². The molecule has 0 aliphatic heterocycles. The largest absolute Gasteiger partial charge is 0.382 e. The highest BCUT2D eigenvalue weighted by Gasteiger charge is 2.20. The van der Waals surface area contributed by atoms with Crippen LogP contribution in [0, 0.1) is 0 Å².